The van der Waals surface area contributed by atoms with Crippen LogP contribution < -0.4 is 10.6 Å². The Morgan fingerprint density at radius 1 is 0.852 bits per heavy atom. The van der Waals surface area contributed by atoms with E-state index in [-0.39, 0.29) is 0 Å². The summed E-state index contributed by atoms with van der Waals surface area (Å²) in [7, 11) is 4.60. The topological polar surface area (TPSA) is 6.48 Å². The summed E-state index contributed by atoms with van der Waals surface area (Å²) < 4.78 is 5.47. The first kappa shape index (κ1) is 21.4. The van der Waals surface area contributed by atoms with Crippen LogP contribution in [0.25, 0.3) is 0 Å². The Morgan fingerprint density at radius 3 is 1.78 bits per heavy atom. The average Bonchev–Trinajstić information content (AvgIpc) is 2.72. The van der Waals surface area contributed by atoms with Crippen LogP contribution >= 0.6 is 24.9 Å². The summed E-state index contributed by atoms with van der Waals surface area (Å²) in [6.45, 7) is 4.71. The summed E-state index contributed by atoms with van der Waals surface area (Å²) in [5, 5.41) is 2.89. The lowest BCUT2D eigenvalue weighted by atomic mass is 9.96. The first-order valence-corrected chi connectivity index (χ1v) is 14.2. The molecule has 2 aromatic rings. The van der Waals surface area contributed by atoms with E-state index in [1.807, 2.05) is 0 Å². The van der Waals surface area contributed by atoms with Crippen molar-refractivity contribution in [2.75, 3.05) is 7.05 Å². The molecule has 1 fully saturated rings. The van der Waals surface area contributed by atoms with Crippen molar-refractivity contribution in [1.29, 1.82) is 0 Å². The number of benzene rings is 2. The molecule has 0 saturated heterocycles. The normalized spacial score (nSPS) is 17.2. The number of rotatable bonds is 7. The van der Waals surface area contributed by atoms with Crippen LogP contribution in [0.15, 0.2) is 60.7 Å². The fraction of sp³-hybridized carbons (Fsp3) is 0.455. The molecule has 0 N–H and O–H groups in total. The van der Waals surface area contributed by atoms with Crippen molar-refractivity contribution in [3.8, 4) is 0 Å². The van der Waals surface area contributed by atoms with Crippen molar-refractivity contribution in [1.82, 2.24) is 9.11 Å². The molecule has 2 nitrogen and oxygen atoms in total. The second kappa shape index (κ2) is 10.4. The molecule has 5 heteroatoms. The molecule has 0 aromatic heterocycles. The summed E-state index contributed by atoms with van der Waals surface area (Å²) in [5.41, 5.74) is 0. The molecule has 3 rings (SSSR count). The highest BCUT2D eigenvalue weighted by atomic mass is 32.0. The van der Waals surface area contributed by atoms with E-state index in [4.69, 9.17) is 0 Å². The zero-order valence-electron chi connectivity index (χ0n) is 16.8. The number of hydrogen-bond donors (Lipinski definition) is 0. The molecule has 146 valence electrons. The number of hydrogen-bond acceptors (Lipinski definition) is 2. The highest BCUT2D eigenvalue weighted by molar-refractivity contribution is 8.13. The third-order valence-corrected chi connectivity index (χ3v) is 13.1. The molecule has 0 spiro atoms. The monoisotopic (exact) mass is 418 g/mol. The van der Waals surface area contributed by atoms with Gasteiger partial charge in [0.1, 0.15) is 0 Å². The zero-order chi connectivity index (χ0) is 19.2. The van der Waals surface area contributed by atoms with Gasteiger partial charge in [0.05, 0.1) is 7.91 Å². The van der Waals surface area contributed by atoms with Gasteiger partial charge >= 0.3 is 0 Å². The van der Waals surface area contributed by atoms with Crippen molar-refractivity contribution in [3.05, 3.63) is 60.7 Å². The van der Waals surface area contributed by atoms with E-state index in [0.717, 1.165) is 6.04 Å². The fourth-order valence-electron chi connectivity index (χ4n) is 3.85. The lowest BCUT2D eigenvalue weighted by Crippen LogP contribution is -2.36. The van der Waals surface area contributed by atoms with Crippen molar-refractivity contribution < 1.29 is 0 Å². The Bertz CT molecular complexity index is 635. The molecule has 0 radical (unpaired) electrons. The van der Waals surface area contributed by atoms with E-state index >= 15 is 0 Å². The van der Waals surface area contributed by atoms with Crippen LogP contribution in [0.2, 0.25) is 0 Å². The maximum absolute atomic E-state index is 3.23. The van der Waals surface area contributed by atoms with Gasteiger partial charge in [-0.05, 0) is 44.3 Å². The Hall–Kier alpha value is -0.350. The maximum atomic E-state index is 3.23. The van der Waals surface area contributed by atoms with Crippen LogP contribution in [-0.2, 0) is 0 Å². The van der Waals surface area contributed by atoms with Gasteiger partial charge in [-0.3, -0.25) is 4.67 Å². The molecule has 2 unspecified atom stereocenters. The molecule has 0 amide bonds. The molecule has 1 aliphatic carbocycles. The summed E-state index contributed by atoms with van der Waals surface area (Å²) in [5.74, 6) is 0. The Balaban J connectivity index is 1.95. The molecule has 0 heterocycles. The van der Waals surface area contributed by atoms with Gasteiger partial charge in [0, 0.05) is 20.2 Å². The predicted molar refractivity (Wildman–Crippen MR) is 127 cm³/mol. The number of nitrogens with zero attached hydrogens (tertiary/aromatic N) is 2. The van der Waals surface area contributed by atoms with E-state index in [1.165, 1.54) is 42.7 Å². The van der Waals surface area contributed by atoms with Gasteiger partial charge in [0.25, 0.3) is 0 Å². The minimum Gasteiger partial charge on any atom is -0.267 e. The van der Waals surface area contributed by atoms with Crippen molar-refractivity contribution >= 4 is 35.5 Å². The summed E-state index contributed by atoms with van der Waals surface area (Å²) in [6, 6.07) is 23.4. The molecular formula is C22H33N2P3. The minimum atomic E-state index is -0.547. The molecule has 27 heavy (non-hydrogen) atoms. The van der Waals surface area contributed by atoms with E-state index in [0.29, 0.717) is 6.04 Å². The smallest absolute Gasteiger partial charge is 0.0627 e. The van der Waals surface area contributed by atoms with Crippen LogP contribution in [0.5, 0.6) is 0 Å². The van der Waals surface area contributed by atoms with Crippen molar-refractivity contribution in [3.63, 3.8) is 0 Å². The van der Waals surface area contributed by atoms with Gasteiger partial charge in [-0.2, -0.15) is 0 Å². The SMILES string of the molecule is CC(C)N(P(c1ccccc1)c1ccccc1)P(P)N(C)C1CCCCC1. The van der Waals surface area contributed by atoms with Crippen LogP contribution in [-0.4, -0.2) is 28.2 Å². The lowest BCUT2D eigenvalue weighted by molar-refractivity contribution is 0.292. The average molecular weight is 418 g/mol. The third kappa shape index (κ3) is 5.38. The second-order valence-electron chi connectivity index (χ2n) is 7.58. The molecular weight excluding hydrogens is 385 g/mol. The highest BCUT2D eigenvalue weighted by Crippen LogP contribution is 2.63. The first-order valence-electron chi connectivity index (χ1n) is 10.1. The molecule has 2 atom stereocenters. The quantitative estimate of drug-likeness (QED) is 0.501. The minimum absolute atomic E-state index is 0.442. The van der Waals surface area contributed by atoms with Crippen LogP contribution in [0.4, 0.5) is 0 Å². The first-order chi connectivity index (χ1) is 13.1. The predicted octanol–water partition coefficient (Wildman–Crippen LogP) is 6.11. The van der Waals surface area contributed by atoms with Gasteiger partial charge in [0.2, 0.25) is 0 Å². The van der Waals surface area contributed by atoms with Gasteiger partial charge in [0.15, 0.2) is 0 Å². The van der Waals surface area contributed by atoms with E-state index in [2.05, 4.69) is 99.6 Å². The second-order valence-corrected chi connectivity index (χ2v) is 13.1. The Kier molecular flexibility index (Phi) is 8.25. The highest BCUT2D eigenvalue weighted by Gasteiger charge is 2.33. The van der Waals surface area contributed by atoms with Crippen LogP contribution in [0, 0.1) is 0 Å². The lowest BCUT2D eigenvalue weighted by Gasteiger charge is -2.45. The fourth-order valence-corrected chi connectivity index (χ4v) is 11.3. The zero-order valence-corrected chi connectivity index (χ0v) is 19.8. The van der Waals surface area contributed by atoms with Gasteiger partial charge in [-0.1, -0.05) is 88.9 Å². The molecule has 1 saturated carbocycles. The van der Waals surface area contributed by atoms with Gasteiger partial charge < -0.3 is 0 Å². The Labute approximate surface area is 170 Å². The molecule has 0 aliphatic heterocycles. The van der Waals surface area contributed by atoms with Crippen LogP contribution in [0.1, 0.15) is 46.0 Å². The van der Waals surface area contributed by atoms with Crippen molar-refractivity contribution in [2.45, 2.75) is 58.0 Å². The van der Waals surface area contributed by atoms with Crippen LogP contribution in [0.3, 0.4) is 0 Å². The standard InChI is InChI=1S/C22H33N2P3/c1-19(2)24(27(25)23(3)20-13-7-4-8-14-20)26(21-15-9-5-10-16-21)22-17-11-6-12-18-22/h5-6,9-12,15-20H,4,7-8,13-14,25H2,1-3H3. The maximum Gasteiger partial charge on any atom is 0.0627 e. The van der Waals surface area contributed by atoms with Gasteiger partial charge in [-0.15, -0.1) is 0 Å². The summed E-state index contributed by atoms with van der Waals surface area (Å²) in [6.07, 6.45) is 6.88. The van der Waals surface area contributed by atoms with Gasteiger partial charge in [-0.25, -0.2) is 4.44 Å². The molecule has 1 aliphatic rings. The summed E-state index contributed by atoms with van der Waals surface area (Å²) >= 11 is 0. The van der Waals surface area contributed by atoms with E-state index < -0.39 is 16.0 Å². The Morgan fingerprint density at radius 2 is 1.33 bits per heavy atom. The molecule has 0 bridgehead atoms. The third-order valence-electron chi connectivity index (χ3n) is 5.30. The van der Waals surface area contributed by atoms with E-state index in [9.17, 15) is 0 Å². The van der Waals surface area contributed by atoms with Crippen molar-refractivity contribution in [2.24, 2.45) is 0 Å². The molecule has 2 aromatic carbocycles. The summed E-state index contributed by atoms with van der Waals surface area (Å²) in [4.78, 5) is 0. The van der Waals surface area contributed by atoms with E-state index in [1.54, 1.807) is 0 Å². The largest absolute Gasteiger partial charge is 0.267 e.